The molecule has 2 N–H and O–H groups in total. The molecule has 0 saturated carbocycles. The van der Waals surface area contributed by atoms with E-state index in [1.165, 1.54) is 6.07 Å². The summed E-state index contributed by atoms with van der Waals surface area (Å²) in [5.74, 6) is -0.121. The van der Waals surface area contributed by atoms with Crippen LogP contribution in [0.1, 0.15) is 28.8 Å². The van der Waals surface area contributed by atoms with Crippen molar-refractivity contribution in [3.63, 3.8) is 0 Å². The summed E-state index contributed by atoms with van der Waals surface area (Å²) in [4.78, 5) is 21.9. The maximum absolute atomic E-state index is 12.6. The Kier molecular flexibility index (Phi) is 5.77. The summed E-state index contributed by atoms with van der Waals surface area (Å²) in [5.41, 5.74) is 0.880. The van der Waals surface area contributed by atoms with Crippen LogP contribution in [0, 0.1) is 0 Å². The molecule has 18 heavy (non-hydrogen) atoms. The van der Waals surface area contributed by atoms with Gasteiger partial charge in [-0.15, -0.1) is 0 Å². The SMILES string of the molecule is O=C(O)NCCCC(=O)c1ccc(Br)c(CF)c1. The van der Waals surface area contributed by atoms with Gasteiger partial charge in [0.15, 0.2) is 5.78 Å². The predicted molar refractivity (Wildman–Crippen MR) is 68.5 cm³/mol. The van der Waals surface area contributed by atoms with E-state index in [0.29, 0.717) is 22.0 Å². The Balaban J connectivity index is 2.53. The lowest BCUT2D eigenvalue weighted by atomic mass is 10.0. The van der Waals surface area contributed by atoms with Crippen molar-refractivity contribution in [2.75, 3.05) is 6.54 Å². The van der Waals surface area contributed by atoms with Gasteiger partial charge < -0.3 is 10.4 Å². The summed E-state index contributed by atoms with van der Waals surface area (Å²) in [5, 5.41) is 10.5. The van der Waals surface area contributed by atoms with Gasteiger partial charge in [0, 0.05) is 23.0 Å². The lowest BCUT2D eigenvalue weighted by molar-refractivity contribution is 0.0979. The van der Waals surface area contributed by atoms with Crippen LogP contribution in [0.4, 0.5) is 9.18 Å². The number of hydrogen-bond acceptors (Lipinski definition) is 2. The Morgan fingerprint density at radius 1 is 1.39 bits per heavy atom. The molecule has 0 aliphatic heterocycles. The first-order valence-electron chi connectivity index (χ1n) is 5.39. The third kappa shape index (κ3) is 4.44. The standard InChI is InChI=1S/C12H13BrFNO3/c13-10-4-3-8(6-9(10)7-14)11(16)2-1-5-15-12(17)18/h3-4,6,15H,1-2,5,7H2,(H,17,18). The van der Waals surface area contributed by atoms with Crippen LogP contribution >= 0.6 is 15.9 Å². The third-order valence-electron chi connectivity index (χ3n) is 2.37. The van der Waals surface area contributed by atoms with E-state index in [-0.39, 0.29) is 18.7 Å². The van der Waals surface area contributed by atoms with Crippen LogP contribution in [-0.2, 0) is 6.67 Å². The molecule has 0 saturated heterocycles. The van der Waals surface area contributed by atoms with Crippen molar-refractivity contribution in [2.45, 2.75) is 19.5 Å². The summed E-state index contributed by atoms with van der Waals surface area (Å²) in [7, 11) is 0. The fraction of sp³-hybridized carbons (Fsp3) is 0.333. The Bertz CT molecular complexity index is 451. The van der Waals surface area contributed by atoms with Gasteiger partial charge in [-0.05, 0) is 24.1 Å². The fourth-order valence-corrected chi connectivity index (χ4v) is 1.79. The number of benzene rings is 1. The smallest absolute Gasteiger partial charge is 0.404 e. The molecule has 98 valence electrons. The van der Waals surface area contributed by atoms with Gasteiger partial charge in [0.1, 0.15) is 6.67 Å². The zero-order valence-corrected chi connectivity index (χ0v) is 11.2. The molecule has 0 atom stereocenters. The van der Waals surface area contributed by atoms with Gasteiger partial charge in [-0.1, -0.05) is 22.0 Å². The van der Waals surface area contributed by atoms with Crippen LogP contribution in [0.2, 0.25) is 0 Å². The summed E-state index contributed by atoms with van der Waals surface area (Å²) < 4.78 is 13.2. The lowest BCUT2D eigenvalue weighted by Crippen LogP contribution is -2.22. The third-order valence-corrected chi connectivity index (χ3v) is 3.14. The molecular weight excluding hydrogens is 305 g/mol. The minimum absolute atomic E-state index is 0.121. The molecule has 0 aromatic heterocycles. The number of halogens is 2. The maximum atomic E-state index is 12.6. The van der Waals surface area contributed by atoms with E-state index in [1.807, 2.05) is 0 Å². The lowest BCUT2D eigenvalue weighted by Gasteiger charge is -2.05. The highest BCUT2D eigenvalue weighted by Gasteiger charge is 2.08. The van der Waals surface area contributed by atoms with Crippen LogP contribution < -0.4 is 5.32 Å². The summed E-state index contributed by atoms with van der Waals surface area (Å²) >= 11 is 3.19. The molecule has 1 aromatic rings. The molecule has 1 amide bonds. The second-order valence-electron chi connectivity index (χ2n) is 3.70. The number of carbonyl (C=O) groups excluding carboxylic acids is 1. The van der Waals surface area contributed by atoms with Crippen molar-refractivity contribution in [1.82, 2.24) is 5.32 Å². The highest BCUT2D eigenvalue weighted by molar-refractivity contribution is 9.10. The molecule has 0 fully saturated rings. The molecular formula is C12H13BrFNO3. The zero-order valence-electron chi connectivity index (χ0n) is 9.58. The first kappa shape index (κ1) is 14.6. The van der Waals surface area contributed by atoms with Crippen molar-refractivity contribution in [3.8, 4) is 0 Å². The summed E-state index contributed by atoms with van der Waals surface area (Å²) in [6, 6.07) is 4.77. The number of rotatable bonds is 6. The Labute approximate surface area is 112 Å². The molecule has 0 spiro atoms. The first-order valence-corrected chi connectivity index (χ1v) is 6.18. The maximum Gasteiger partial charge on any atom is 0.404 e. The average Bonchev–Trinajstić information content (AvgIpc) is 2.34. The molecule has 0 aliphatic rings. The van der Waals surface area contributed by atoms with Gasteiger partial charge in [-0.3, -0.25) is 4.79 Å². The highest BCUT2D eigenvalue weighted by atomic mass is 79.9. The van der Waals surface area contributed by atoms with Crippen molar-refractivity contribution < 1.29 is 19.1 Å². The van der Waals surface area contributed by atoms with Gasteiger partial charge in [-0.25, -0.2) is 9.18 Å². The number of carbonyl (C=O) groups is 2. The molecule has 0 unspecified atom stereocenters. The number of carboxylic acid groups (broad SMARTS) is 1. The Hall–Kier alpha value is -1.43. The number of ketones is 1. The minimum atomic E-state index is -1.11. The topological polar surface area (TPSA) is 66.4 Å². The minimum Gasteiger partial charge on any atom is -0.465 e. The molecule has 0 heterocycles. The van der Waals surface area contributed by atoms with E-state index >= 15 is 0 Å². The van der Waals surface area contributed by atoms with Crippen LogP contribution in [0.5, 0.6) is 0 Å². The number of hydrogen-bond donors (Lipinski definition) is 2. The highest BCUT2D eigenvalue weighted by Crippen LogP contribution is 2.20. The quantitative estimate of drug-likeness (QED) is 0.625. The monoisotopic (exact) mass is 317 g/mol. The van der Waals surface area contributed by atoms with Gasteiger partial charge in [0.25, 0.3) is 0 Å². The van der Waals surface area contributed by atoms with Crippen molar-refractivity contribution in [2.24, 2.45) is 0 Å². The van der Waals surface area contributed by atoms with Gasteiger partial charge in [-0.2, -0.15) is 0 Å². The normalized spacial score (nSPS) is 10.1. The second kappa shape index (κ2) is 7.10. The molecule has 4 nitrogen and oxygen atoms in total. The molecule has 1 aromatic carbocycles. The van der Waals surface area contributed by atoms with E-state index in [0.717, 1.165) is 0 Å². The zero-order chi connectivity index (χ0) is 13.5. The van der Waals surface area contributed by atoms with Gasteiger partial charge >= 0.3 is 6.09 Å². The molecule has 0 radical (unpaired) electrons. The summed E-state index contributed by atoms with van der Waals surface area (Å²) in [6.07, 6.45) is -0.453. The van der Waals surface area contributed by atoms with Gasteiger partial charge in [0.2, 0.25) is 0 Å². The predicted octanol–water partition coefficient (Wildman–Crippen LogP) is 3.15. The van der Waals surface area contributed by atoms with E-state index in [1.54, 1.807) is 12.1 Å². The van der Waals surface area contributed by atoms with Crippen LogP contribution in [0.25, 0.3) is 0 Å². The number of amides is 1. The van der Waals surface area contributed by atoms with E-state index in [4.69, 9.17) is 5.11 Å². The van der Waals surface area contributed by atoms with Crippen LogP contribution in [-0.4, -0.2) is 23.5 Å². The van der Waals surface area contributed by atoms with E-state index in [2.05, 4.69) is 21.2 Å². The first-order chi connectivity index (χ1) is 8.54. The molecule has 6 heteroatoms. The molecule has 1 rings (SSSR count). The Morgan fingerprint density at radius 2 is 2.11 bits per heavy atom. The van der Waals surface area contributed by atoms with Crippen molar-refractivity contribution >= 4 is 27.8 Å². The van der Waals surface area contributed by atoms with E-state index in [9.17, 15) is 14.0 Å². The number of nitrogens with one attached hydrogen (secondary N) is 1. The second-order valence-corrected chi connectivity index (χ2v) is 4.55. The largest absolute Gasteiger partial charge is 0.465 e. The van der Waals surface area contributed by atoms with Crippen LogP contribution in [0.3, 0.4) is 0 Å². The number of alkyl halides is 1. The summed E-state index contributed by atoms with van der Waals surface area (Å²) in [6.45, 7) is -0.407. The van der Waals surface area contributed by atoms with Gasteiger partial charge in [0.05, 0.1) is 0 Å². The molecule has 0 bridgehead atoms. The fourth-order valence-electron chi connectivity index (χ4n) is 1.44. The van der Waals surface area contributed by atoms with E-state index < -0.39 is 12.8 Å². The van der Waals surface area contributed by atoms with Crippen LogP contribution in [0.15, 0.2) is 22.7 Å². The Morgan fingerprint density at radius 3 is 2.72 bits per heavy atom. The van der Waals surface area contributed by atoms with Crippen molar-refractivity contribution in [1.29, 1.82) is 0 Å². The average molecular weight is 318 g/mol. The van der Waals surface area contributed by atoms with Crippen molar-refractivity contribution in [3.05, 3.63) is 33.8 Å². The number of Topliss-reactive ketones (excluding diaryl/α,β-unsaturated/α-hetero) is 1. The molecule has 0 aliphatic carbocycles.